The van der Waals surface area contributed by atoms with Crippen molar-refractivity contribution in [2.75, 3.05) is 7.05 Å². The lowest BCUT2D eigenvalue weighted by atomic mass is 10.1. The van der Waals surface area contributed by atoms with Crippen molar-refractivity contribution in [3.8, 4) is 0 Å². The van der Waals surface area contributed by atoms with Gasteiger partial charge in [-0.25, -0.2) is 0 Å². The Labute approximate surface area is 154 Å². The van der Waals surface area contributed by atoms with Crippen molar-refractivity contribution in [3.05, 3.63) is 82.9 Å². The van der Waals surface area contributed by atoms with Gasteiger partial charge in [-0.15, -0.1) is 0 Å². The SMILES string of the molecule is Cc1cc(C)n(Cc2ccc(C(=O)N(C)[C@H](C)c3ccccn3)cc2)n1. The molecule has 26 heavy (non-hydrogen) atoms. The highest BCUT2D eigenvalue weighted by Gasteiger charge is 2.19. The monoisotopic (exact) mass is 348 g/mol. The van der Waals surface area contributed by atoms with Crippen LogP contribution in [0.15, 0.2) is 54.7 Å². The molecule has 0 aliphatic carbocycles. The first kappa shape index (κ1) is 17.9. The normalized spacial score (nSPS) is 12.0. The average Bonchev–Trinajstić information content (AvgIpc) is 2.98. The van der Waals surface area contributed by atoms with Gasteiger partial charge in [0.25, 0.3) is 5.91 Å². The number of carbonyl (C=O) groups excluding carboxylic acids is 1. The van der Waals surface area contributed by atoms with Gasteiger partial charge in [0.15, 0.2) is 0 Å². The fourth-order valence-corrected chi connectivity index (χ4v) is 2.96. The molecular formula is C21H24N4O. The number of hydrogen-bond donors (Lipinski definition) is 0. The number of aromatic nitrogens is 3. The molecule has 134 valence electrons. The molecule has 0 saturated heterocycles. The Kier molecular flexibility index (Phi) is 5.16. The molecule has 2 aromatic heterocycles. The average molecular weight is 348 g/mol. The molecule has 0 radical (unpaired) electrons. The maximum Gasteiger partial charge on any atom is 0.254 e. The summed E-state index contributed by atoms with van der Waals surface area (Å²) in [5.74, 6) is -0.0131. The summed E-state index contributed by atoms with van der Waals surface area (Å²) in [5.41, 5.74) is 4.82. The molecule has 0 spiro atoms. The lowest BCUT2D eigenvalue weighted by Gasteiger charge is -2.24. The number of aryl methyl sites for hydroxylation is 2. The number of pyridine rings is 1. The van der Waals surface area contributed by atoms with Crippen LogP contribution < -0.4 is 0 Å². The van der Waals surface area contributed by atoms with Crippen molar-refractivity contribution in [3.63, 3.8) is 0 Å². The number of nitrogens with zero attached hydrogens (tertiary/aromatic N) is 4. The zero-order valence-electron chi connectivity index (χ0n) is 15.7. The first-order chi connectivity index (χ1) is 12.5. The number of carbonyl (C=O) groups is 1. The molecule has 1 amide bonds. The predicted octanol–water partition coefficient (Wildman–Crippen LogP) is 3.78. The third kappa shape index (κ3) is 3.82. The fraction of sp³-hybridized carbons (Fsp3) is 0.286. The Morgan fingerprint density at radius 3 is 2.46 bits per heavy atom. The Hall–Kier alpha value is -2.95. The van der Waals surface area contributed by atoms with Crippen molar-refractivity contribution >= 4 is 5.91 Å². The van der Waals surface area contributed by atoms with E-state index in [-0.39, 0.29) is 11.9 Å². The van der Waals surface area contributed by atoms with Crippen LogP contribution in [-0.2, 0) is 6.54 Å². The van der Waals surface area contributed by atoms with Crippen LogP contribution in [0, 0.1) is 13.8 Å². The standard InChI is InChI=1S/C21H24N4O/c1-15-13-16(2)25(23-15)14-18-8-10-19(11-9-18)21(26)24(4)17(3)20-7-5-6-12-22-20/h5-13,17H,14H2,1-4H3/t17-/m1/s1. The van der Waals surface area contributed by atoms with Gasteiger partial charge >= 0.3 is 0 Å². The van der Waals surface area contributed by atoms with Gasteiger partial charge in [-0.1, -0.05) is 18.2 Å². The van der Waals surface area contributed by atoms with E-state index >= 15 is 0 Å². The van der Waals surface area contributed by atoms with Crippen LogP contribution in [0.4, 0.5) is 0 Å². The first-order valence-corrected chi connectivity index (χ1v) is 8.74. The van der Waals surface area contributed by atoms with E-state index in [2.05, 4.69) is 16.1 Å². The molecule has 0 unspecified atom stereocenters. The summed E-state index contributed by atoms with van der Waals surface area (Å²) >= 11 is 0. The maximum atomic E-state index is 12.8. The highest BCUT2D eigenvalue weighted by Crippen LogP contribution is 2.19. The van der Waals surface area contributed by atoms with E-state index in [1.54, 1.807) is 11.1 Å². The van der Waals surface area contributed by atoms with Crippen LogP contribution in [0.25, 0.3) is 0 Å². The van der Waals surface area contributed by atoms with Crippen molar-refractivity contribution < 1.29 is 4.79 Å². The second kappa shape index (κ2) is 7.52. The van der Waals surface area contributed by atoms with Gasteiger partial charge < -0.3 is 4.90 Å². The third-order valence-corrected chi connectivity index (χ3v) is 4.65. The second-order valence-corrected chi connectivity index (χ2v) is 6.63. The van der Waals surface area contributed by atoms with E-state index in [0.717, 1.165) is 22.6 Å². The zero-order chi connectivity index (χ0) is 18.7. The quantitative estimate of drug-likeness (QED) is 0.705. The number of rotatable bonds is 5. The molecule has 1 atom stereocenters. The van der Waals surface area contributed by atoms with Crippen LogP contribution in [0.2, 0.25) is 0 Å². The lowest BCUT2D eigenvalue weighted by molar-refractivity contribution is 0.0740. The molecule has 1 aromatic carbocycles. The van der Waals surface area contributed by atoms with Crippen LogP contribution in [0.3, 0.4) is 0 Å². The molecule has 5 heteroatoms. The second-order valence-electron chi connectivity index (χ2n) is 6.63. The van der Waals surface area contributed by atoms with E-state index in [1.807, 2.05) is 75.0 Å². The van der Waals surface area contributed by atoms with Gasteiger partial charge in [-0.3, -0.25) is 14.5 Å². The molecule has 0 N–H and O–H groups in total. The van der Waals surface area contributed by atoms with Gasteiger partial charge in [0.1, 0.15) is 0 Å². The summed E-state index contributed by atoms with van der Waals surface area (Å²) in [4.78, 5) is 18.8. The third-order valence-electron chi connectivity index (χ3n) is 4.65. The Bertz CT molecular complexity index is 884. The van der Waals surface area contributed by atoms with Gasteiger partial charge in [-0.2, -0.15) is 5.10 Å². The minimum absolute atomic E-state index is 0.0131. The van der Waals surface area contributed by atoms with Gasteiger partial charge in [0, 0.05) is 24.5 Å². The van der Waals surface area contributed by atoms with Gasteiger partial charge in [0.2, 0.25) is 0 Å². The molecule has 0 fully saturated rings. The number of benzene rings is 1. The molecular weight excluding hydrogens is 324 g/mol. The van der Waals surface area contributed by atoms with Crippen LogP contribution in [-0.4, -0.2) is 32.6 Å². The molecule has 0 saturated carbocycles. The molecule has 2 heterocycles. The minimum Gasteiger partial charge on any atom is -0.333 e. The van der Waals surface area contributed by atoms with Gasteiger partial charge in [-0.05, 0) is 56.7 Å². The van der Waals surface area contributed by atoms with Crippen LogP contribution >= 0.6 is 0 Å². The lowest BCUT2D eigenvalue weighted by Crippen LogP contribution is -2.30. The van der Waals surface area contributed by atoms with E-state index in [1.165, 1.54) is 0 Å². The molecule has 3 rings (SSSR count). The predicted molar refractivity (Wildman–Crippen MR) is 102 cm³/mol. The number of hydrogen-bond acceptors (Lipinski definition) is 3. The molecule has 3 aromatic rings. The van der Waals surface area contributed by atoms with E-state index in [0.29, 0.717) is 12.1 Å². The largest absolute Gasteiger partial charge is 0.333 e. The molecule has 0 aliphatic heterocycles. The number of amides is 1. The Morgan fingerprint density at radius 2 is 1.88 bits per heavy atom. The van der Waals surface area contributed by atoms with Crippen LogP contribution in [0.5, 0.6) is 0 Å². The summed E-state index contributed by atoms with van der Waals surface area (Å²) in [6, 6.07) is 15.5. The first-order valence-electron chi connectivity index (χ1n) is 8.74. The summed E-state index contributed by atoms with van der Waals surface area (Å²) in [6.45, 7) is 6.72. The van der Waals surface area contributed by atoms with Crippen LogP contribution in [0.1, 0.15) is 46.0 Å². The Morgan fingerprint density at radius 1 is 1.15 bits per heavy atom. The highest BCUT2D eigenvalue weighted by molar-refractivity contribution is 5.94. The topological polar surface area (TPSA) is 51.0 Å². The van der Waals surface area contributed by atoms with E-state index < -0.39 is 0 Å². The summed E-state index contributed by atoms with van der Waals surface area (Å²) in [7, 11) is 1.81. The van der Waals surface area contributed by atoms with E-state index in [9.17, 15) is 4.79 Å². The molecule has 0 aliphatic rings. The minimum atomic E-state index is -0.0851. The fourth-order valence-electron chi connectivity index (χ4n) is 2.96. The molecule has 5 nitrogen and oxygen atoms in total. The van der Waals surface area contributed by atoms with Crippen molar-refractivity contribution in [1.82, 2.24) is 19.7 Å². The molecule has 0 bridgehead atoms. The van der Waals surface area contributed by atoms with E-state index in [4.69, 9.17) is 0 Å². The summed E-state index contributed by atoms with van der Waals surface area (Å²) < 4.78 is 1.97. The van der Waals surface area contributed by atoms with Crippen molar-refractivity contribution in [2.45, 2.75) is 33.4 Å². The zero-order valence-corrected chi connectivity index (χ0v) is 15.7. The van der Waals surface area contributed by atoms with Crippen molar-refractivity contribution in [1.29, 1.82) is 0 Å². The highest BCUT2D eigenvalue weighted by atomic mass is 16.2. The Balaban J connectivity index is 1.71. The maximum absolute atomic E-state index is 12.8. The summed E-state index contributed by atoms with van der Waals surface area (Å²) in [5, 5.41) is 4.48. The summed E-state index contributed by atoms with van der Waals surface area (Å²) in [6.07, 6.45) is 1.75. The van der Waals surface area contributed by atoms with Gasteiger partial charge in [0.05, 0.1) is 24.0 Å². The smallest absolute Gasteiger partial charge is 0.254 e. The van der Waals surface area contributed by atoms with Crippen molar-refractivity contribution in [2.24, 2.45) is 0 Å².